The Balaban J connectivity index is 1.94. The summed E-state index contributed by atoms with van der Waals surface area (Å²) in [6.45, 7) is 3.88. The molecular weight excluding hydrogens is 337 g/mol. The first kappa shape index (κ1) is 18.0. The maximum atomic E-state index is 12.6. The van der Waals surface area contributed by atoms with Crippen molar-refractivity contribution < 1.29 is 9.59 Å². The molecule has 1 unspecified atom stereocenters. The number of carbonyl (C=O) groups excluding carboxylic acids is 2. The van der Waals surface area contributed by atoms with Gasteiger partial charge in [0.2, 0.25) is 5.91 Å². The average molecular weight is 358 g/mol. The van der Waals surface area contributed by atoms with E-state index < -0.39 is 0 Å². The molecule has 0 aliphatic carbocycles. The summed E-state index contributed by atoms with van der Waals surface area (Å²) in [5.74, 6) is -0.103. The van der Waals surface area contributed by atoms with Crippen LogP contribution in [0.15, 0.2) is 18.2 Å². The van der Waals surface area contributed by atoms with Crippen LogP contribution in [0.1, 0.15) is 30.1 Å². The van der Waals surface area contributed by atoms with Gasteiger partial charge in [0.25, 0.3) is 5.91 Å². The van der Waals surface area contributed by atoms with Crippen molar-refractivity contribution in [2.24, 2.45) is 5.73 Å². The number of nitrogens with zero attached hydrogens (tertiary/aromatic N) is 2. The molecular formula is C16H21Cl2N3O2. The highest BCUT2D eigenvalue weighted by Crippen LogP contribution is 2.26. The summed E-state index contributed by atoms with van der Waals surface area (Å²) >= 11 is 12.2. The highest BCUT2D eigenvalue weighted by molar-refractivity contribution is 6.39. The van der Waals surface area contributed by atoms with Crippen molar-refractivity contribution in [3.05, 3.63) is 33.8 Å². The summed E-state index contributed by atoms with van der Waals surface area (Å²) in [7, 11) is 0. The second-order valence-electron chi connectivity index (χ2n) is 5.79. The van der Waals surface area contributed by atoms with Gasteiger partial charge in [0.05, 0.1) is 15.6 Å². The number of nitrogens with two attached hydrogens (primary N) is 1. The molecule has 5 nitrogen and oxygen atoms in total. The van der Waals surface area contributed by atoms with E-state index in [2.05, 4.69) is 0 Å². The van der Waals surface area contributed by atoms with Crippen LogP contribution < -0.4 is 5.73 Å². The van der Waals surface area contributed by atoms with Crippen LogP contribution in [-0.2, 0) is 4.79 Å². The highest BCUT2D eigenvalue weighted by atomic mass is 35.5. The van der Waals surface area contributed by atoms with Gasteiger partial charge in [-0.2, -0.15) is 0 Å². The zero-order valence-electron chi connectivity index (χ0n) is 13.1. The first-order valence-electron chi connectivity index (χ1n) is 7.66. The lowest BCUT2D eigenvalue weighted by Crippen LogP contribution is -2.50. The molecule has 2 amide bonds. The zero-order chi connectivity index (χ0) is 17.0. The summed E-state index contributed by atoms with van der Waals surface area (Å²) < 4.78 is 0. The predicted octanol–water partition coefficient (Wildman–Crippen LogP) is 2.41. The number of benzene rings is 1. The van der Waals surface area contributed by atoms with Gasteiger partial charge in [-0.05, 0) is 25.5 Å². The van der Waals surface area contributed by atoms with E-state index in [1.807, 2.05) is 6.92 Å². The molecule has 1 aromatic rings. The van der Waals surface area contributed by atoms with Gasteiger partial charge in [-0.25, -0.2) is 0 Å². The molecule has 0 saturated carbocycles. The van der Waals surface area contributed by atoms with Gasteiger partial charge in [0.1, 0.15) is 0 Å². The number of rotatable bonds is 4. The SMILES string of the molecule is CC(N)CCC(=O)N1CCN(C(=O)c2c(Cl)cccc2Cl)CC1. The van der Waals surface area contributed by atoms with Crippen LogP contribution in [0, 0.1) is 0 Å². The molecule has 2 rings (SSSR count). The summed E-state index contributed by atoms with van der Waals surface area (Å²) in [5, 5.41) is 0.691. The Hall–Kier alpha value is -1.30. The monoisotopic (exact) mass is 357 g/mol. The number of hydrogen-bond donors (Lipinski definition) is 1. The Labute approximate surface area is 146 Å². The molecule has 0 spiro atoms. The molecule has 7 heteroatoms. The van der Waals surface area contributed by atoms with Crippen molar-refractivity contribution in [3.8, 4) is 0 Å². The molecule has 1 aliphatic heterocycles. The number of carbonyl (C=O) groups is 2. The lowest BCUT2D eigenvalue weighted by molar-refractivity contribution is -0.132. The van der Waals surface area contributed by atoms with E-state index in [0.717, 1.165) is 0 Å². The van der Waals surface area contributed by atoms with E-state index in [-0.39, 0.29) is 17.9 Å². The van der Waals surface area contributed by atoms with E-state index in [0.29, 0.717) is 54.6 Å². The van der Waals surface area contributed by atoms with Crippen LogP contribution in [0.25, 0.3) is 0 Å². The van der Waals surface area contributed by atoms with E-state index in [9.17, 15) is 9.59 Å². The normalized spacial score (nSPS) is 16.3. The van der Waals surface area contributed by atoms with Gasteiger partial charge in [-0.15, -0.1) is 0 Å². The van der Waals surface area contributed by atoms with Crippen LogP contribution in [-0.4, -0.2) is 53.8 Å². The van der Waals surface area contributed by atoms with E-state index in [1.54, 1.807) is 28.0 Å². The second kappa shape index (κ2) is 7.99. The van der Waals surface area contributed by atoms with E-state index >= 15 is 0 Å². The van der Waals surface area contributed by atoms with Crippen molar-refractivity contribution in [2.75, 3.05) is 26.2 Å². The maximum absolute atomic E-state index is 12.6. The smallest absolute Gasteiger partial charge is 0.257 e. The van der Waals surface area contributed by atoms with Gasteiger partial charge in [0.15, 0.2) is 0 Å². The third kappa shape index (κ3) is 4.59. The van der Waals surface area contributed by atoms with Gasteiger partial charge in [0, 0.05) is 38.6 Å². The van der Waals surface area contributed by atoms with Crippen LogP contribution in [0.3, 0.4) is 0 Å². The molecule has 126 valence electrons. The van der Waals surface area contributed by atoms with Crippen LogP contribution >= 0.6 is 23.2 Å². The predicted molar refractivity (Wildman–Crippen MR) is 91.8 cm³/mol. The molecule has 1 aliphatic rings. The topological polar surface area (TPSA) is 66.6 Å². The molecule has 2 N–H and O–H groups in total. The lowest BCUT2D eigenvalue weighted by atomic mass is 10.1. The third-order valence-corrected chi connectivity index (χ3v) is 4.54. The summed E-state index contributed by atoms with van der Waals surface area (Å²) in [4.78, 5) is 28.1. The quantitative estimate of drug-likeness (QED) is 0.899. The van der Waals surface area contributed by atoms with Gasteiger partial charge >= 0.3 is 0 Å². The summed E-state index contributed by atoms with van der Waals surface area (Å²) in [5.41, 5.74) is 6.00. The summed E-state index contributed by atoms with van der Waals surface area (Å²) in [6, 6.07) is 5.02. The third-order valence-electron chi connectivity index (χ3n) is 3.91. The van der Waals surface area contributed by atoms with Crippen molar-refractivity contribution in [3.63, 3.8) is 0 Å². The second-order valence-corrected chi connectivity index (χ2v) is 6.60. The minimum Gasteiger partial charge on any atom is -0.339 e. The van der Waals surface area contributed by atoms with Crippen molar-refractivity contribution >= 4 is 35.0 Å². The Bertz CT molecular complexity index is 564. The maximum Gasteiger partial charge on any atom is 0.257 e. The fraction of sp³-hybridized carbons (Fsp3) is 0.500. The number of halogens is 2. The Kier molecular flexibility index (Phi) is 6.27. The number of amides is 2. The molecule has 0 radical (unpaired) electrons. The first-order chi connectivity index (χ1) is 10.9. The van der Waals surface area contributed by atoms with Crippen molar-refractivity contribution in [1.82, 2.24) is 9.80 Å². The van der Waals surface area contributed by atoms with Crippen LogP contribution in [0.4, 0.5) is 0 Å². The Morgan fingerprint density at radius 2 is 1.65 bits per heavy atom. The van der Waals surface area contributed by atoms with Gasteiger partial charge in [-0.1, -0.05) is 29.3 Å². The van der Waals surface area contributed by atoms with Crippen molar-refractivity contribution in [2.45, 2.75) is 25.8 Å². The Morgan fingerprint density at radius 3 is 2.17 bits per heavy atom. The molecule has 1 heterocycles. The van der Waals surface area contributed by atoms with E-state index in [1.165, 1.54) is 0 Å². The number of piperazine rings is 1. The molecule has 0 aromatic heterocycles. The number of hydrogen-bond acceptors (Lipinski definition) is 3. The standard InChI is InChI=1S/C16H21Cl2N3O2/c1-11(19)5-6-14(22)20-7-9-21(10-8-20)16(23)15-12(17)3-2-4-13(15)18/h2-4,11H,5-10,19H2,1H3. The van der Waals surface area contributed by atoms with Crippen LogP contribution in [0.2, 0.25) is 10.0 Å². The lowest BCUT2D eigenvalue weighted by Gasteiger charge is -2.35. The molecule has 0 bridgehead atoms. The fourth-order valence-corrected chi connectivity index (χ4v) is 3.09. The Morgan fingerprint density at radius 1 is 1.13 bits per heavy atom. The highest BCUT2D eigenvalue weighted by Gasteiger charge is 2.27. The summed E-state index contributed by atoms with van der Waals surface area (Å²) in [6.07, 6.45) is 1.12. The zero-order valence-corrected chi connectivity index (χ0v) is 14.6. The minimum atomic E-state index is -0.191. The van der Waals surface area contributed by atoms with Crippen molar-refractivity contribution in [1.29, 1.82) is 0 Å². The molecule has 1 atom stereocenters. The molecule has 1 saturated heterocycles. The first-order valence-corrected chi connectivity index (χ1v) is 8.42. The minimum absolute atomic E-state index is 0.0178. The molecule has 23 heavy (non-hydrogen) atoms. The fourth-order valence-electron chi connectivity index (χ4n) is 2.53. The average Bonchev–Trinajstić information content (AvgIpc) is 2.52. The van der Waals surface area contributed by atoms with Gasteiger partial charge < -0.3 is 15.5 Å². The molecule has 1 aromatic carbocycles. The largest absolute Gasteiger partial charge is 0.339 e. The van der Waals surface area contributed by atoms with Crippen LogP contribution in [0.5, 0.6) is 0 Å². The van der Waals surface area contributed by atoms with Gasteiger partial charge in [-0.3, -0.25) is 9.59 Å². The molecule has 1 fully saturated rings. The van der Waals surface area contributed by atoms with E-state index in [4.69, 9.17) is 28.9 Å².